The zero-order valence-corrected chi connectivity index (χ0v) is 25.2. The first-order chi connectivity index (χ1) is 19.8. The lowest BCUT2D eigenvalue weighted by Crippen LogP contribution is -2.48. The molecule has 216 valence electrons. The molecular weight excluding hydrogens is 583 g/mol. The average Bonchev–Trinajstić information content (AvgIpc) is 3.43. The van der Waals surface area contributed by atoms with E-state index in [1.165, 1.54) is 24.9 Å². The number of ether oxygens (including phenoxy) is 1. The van der Waals surface area contributed by atoms with Crippen LogP contribution in [0.2, 0.25) is 10.0 Å². The number of esters is 1. The summed E-state index contributed by atoms with van der Waals surface area (Å²) in [5.74, 6) is -1.23. The molecule has 1 aliphatic rings. The Labute approximate surface area is 254 Å². The van der Waals surface area contributed by atoms with Crippen molar-refractivity contribution in [2.75, 3.05) is 26.5 Å². The fourth-order valence-electron chi connectivity index (χ4n) is 4.74. The molecule has 2 amide bonds. The number of rotatable bonds is 10. The van der Waals surface area contributed by atoms with Crippen LogP contribution in [0.1, 0.15) is 29.7 Å². The predicted octanol–water partition coefficient (Wildman–Crippen LogP) is 5.11. The number of carbonyl (C=O) groups is 3. The van der Waals surface area contributed by atoms with E-state index in [1.54, 1.807) is 23.5 Å². The SMILES string of the molecule is COC(=O)[C@H](Cc1cncn1Cc1ccccc1)NC(=O)C1CCN(C(=O)/C=C/c2ccc(SC)c(Cl)c2Cl)CC1. The molecule has 0 aliphatic carbocycles. The molecule has 1 aliphatic heterocycles. The Hall–Kier alpha value is -3.27. The number of benzene rings is 2. The van der Waals surface area contributed by atoms with Gasteiger partial charge in [-0.2, -0.15) is 0 Å². The first-order valence-electron chi connectivity index (χ1n) is 13.2. The van der Waals surface area contributed by atoms with Gasteiger partial charge in [-0.05, 0) is 42.4 Å². The minimum atomic E-state index is -0.851. The number of imidazole rings is 1. The van der Waals surface area contributed by atoms with E-state index in [4.69, 9.17) is 27.9 Å². The van der Waals surface area contributed by atoms with E-state index in [9.17, 15) is 14.4 Å². The Morgan fingerprint density at radius 3 is 2.54 bits per heavy atom. The smallest absolute Gasteiger partial charge is 0.328 e. The van der Waals surface area contributed by atoms with Crippen LogP contribution in [0.25, 0.3) is 6.08 Å². The second kappa shape index (κ2) is 14.6. The maximum Gasteiger partial charge on any atom is 0.328 e. The largest absolute Gasteiger partial charge is 0.467 e. The lowest BCUT2D eigenvalue weighted by atomic mass is 9.95. The van der Waals surface area contributed by atoms with Crippen molar-refractivity contribution in [3.05, 3.63) is 87.9 Å². The van der Waals surface area contributed by atoms with E-state index in [0.29, 0.717) is 48.1 Å². The number of carbonyl (C=O) groups excluding carboxylic acids is 3. The number of piperidine rings is 1. The van der Waals surface area contributed by atoms with Crippen molar-refractivity contribution in [3.8, 4) is 0 Å². The highest BCUT2D eigenvalue weighted by Crippen LogP contribution is 2.35. The second-order valence-corrected chi connectivity index (χ2v) is 11.3. The number of thioether (sulfide) groups is 1. The monoisotopic (exact) mass is 614 g/mol. The van der Waals surface area contributed by atoms with Crippen LogP contribution >= 0.6 is 35.0 Å². The van der Waals surface area contributed by atoms with Gasteiger partial charge in [-0.1, -0.05) is 59.6 Å². The molecular formula is C30H32Cl2N4O4S. The Bertz CT molecular complexity index is 1400. The van der Waals surface area contributed by atoms with Gasteiger partial charge >= 0.3 is 5.97 Å². The van der Waals surface area contributed by atoms with Crippen molar-refractivity contribution in [2.24, 2.45) is 5.92 Å². The summed E-state index contributed by atoms with van der Waals surface area (Å²) in [5, 5.41) is 3.75. The van der Waals surface area contributed by atoms with E-state index >= 15 is 0 Å². The van der Waals surface area contributed by atoms with Gasteiger partial charge in [0.1, 0.15) is 6.04 Å². The molecule has 0 spiro atoms. The highest BCUT2D eigenvalue weighted by molar-refractivity contribution is 7.98. The molecule has 8 nitrogen and oxygen atoms in total. The minimum absolute atomic E-state index is 0.163. The van der Waals surface area contributed by atoms with Crippen LogP contribution in [0.4, 0.5) is 0 Å². The van der Waals surface area contributed by atoms with E-state index in [-0.39, 0.29) is 24.2 Å². The molecule has 0 unspecified atom stereocenters. The third kappa shape index (κ3) is 7.93. The van der Waals surface area contributed by atoms with E-state index in [2.05, 4.69) is 10.3 Å². The summed E-state index contributed by atoms with van der Waals surface area (Å²) < 4.78 is 6.94. The highest BCUT2D eigenvalue weighted by atomic mass is 35.5. The van der Waals surface area contributed by atoms with Crippen LogP contribution in [0, 0.1) is 5.92 Å². The van der Waals surface area contributed by atoms with Crippen LogP contribution in [-0.4, -0.2) is 64.7 Å². The van der Waals surface area contributed by atoms with Crippen molar-refractivity contribution >= 4 is 58.8 Å². The molecule has 2 heterocycles. The Kier molecular flexibility index (Phi) is 10.9. The van der Waals surface area contributed by atoms with Crippen LogP contribution in [0.3, 0.4) is 0 Å². The molecule has 1 N–H and O–H groups in total. The zero-order chi connectivity index (χ0) is 29.4. The lowest BCUT2D eigenvalue weighted by Gasteiger charge is -2.31. The molecule has 3 aromatic rings. The van der Waals surface area contributed by atoms with Gasteiger partial charge in [0.05, 0.1) is 23.5 Å². The lowest BCUT2D eigenvalue weighted by molar-refractivity contribution is -0.145. The molecule has 4 rings (SSSR count). The van der Waals surface area contributed by atoms with Gasteiger partial charge in [-0.15, -0.1) is 11.8 Å². The number of methoxy groups -OCH3 is 1. The third-order valence-corrected chi connectivity index (χ3v) is 8.88. The van der Waals surface area contributed by atoms with Crippen LogP contribution in [0.5, 0.6) is 0 Å². The maximum atomic E-state index is 13.2. The summed E-state index contributed by atoms with van der Waals surface area (Å²) in [6.07, 6.45) is 9.67. The maximum absolute atomic E-state index is 13.2. The number of amides is 2. The van der Waals surface area contributed by atoms with Crippen LogP contribution < -0.4 is 5.32 Å². The molecule has 1 aromatic heterocycles. The summed E-state index contributed by atoms with van der Waals surface area (Å²) in [5.41, 5.74) is 2.57. The van der Waals surface area contributed by atoms with Crippen molar-refractivity contribution < 1.29 is 19.1 Å². The molecule has 41 heavy (non-hydrogen) atoms. The molecule has 2 aromatic carbocycles. The number of nitrogens with zero attached hydrogens (tertiary/aromatic N) is 3. The quantitative estimate of drug-likeness (QED) is 0.194. The van der Waals surface area contributed by atoms with Gasteiger partial charge in [0.2, 0.25) is 11.8 Å². The molecule has 0 saturated carbocycles. The first-order valence-corrected chi connectivity index (χ1v) is 15.2. The first kappa shape index (κ1) is 30.7. The number of halogens is 2. The Morgan fingerprint density at radius 2 is 1.85 bits per heavy atom. The fraction of sp³-hybridized carbons (Fsp3) is 0.333. The normalized spacial score (nSPS) is 14.7. The summed E-state index contributed by atoms with van der Waals surface area (Å²) in [4.78, 5) is 45.4. The fourth-order valence-corrected chi connectivity index (χ4v) is 5.91. The molecule has 11 heteroatoms. The number of hydrogen-bond acceptors (Lipinski definition) is 6. The van der Waals surface area contributed by atoms with Gasteiger partial charge in [-0.3, -0.25) is 9.59 Å². The molecule has 1 atom stereocenters. The molecule has 0 bridgehead atoms. The number of hydrogen-bond donors (Lipinski definition) is 1. The van der Waals surface area contributed by atoms with Crippen molar-refractivity contribution in [3.63, 3.8) is 0 Å². The minimum Gasteiger partial charge on any atom is -0.467 e. The van der Waals surface area contributed by atoms with Gasteiger partial charge in [0.15, 0.2) is 0 Å². The van der Waals surface area contributed by atoms with Crippen LogP contribution in [0.15, 0.2) is 66.0 Å². The van der Waals surface area contributed by atoms with Gasteiger partial charge in [0.25, 0.3) is 0 Å². The second-order valence-electron chi connectivity index (χ2n) is 9.70. The summed E-state index contributed by atoms with van der Waals surface area (Å²) in [7, 11) is 1.30. The van der Waals surface area contributed by atoms with Gasteiger partial charge in [-0.25, -0.2) is 9.78 Å². The molecule has 1 saturated heterocycles. The van der Waals surface area contributed by atoms with E-state index < -0.39 is 12.0 Å². The zero-order valence-electron chi connectivity index (χ0n) is 22.9. The molecule has 0 radical (unpaired) electrons. The molecule has 1 fully saturated rings. The van der Waals surface area contributed by atoms with E-state index in [0.717, 1.165) is 16.2 Å². The predicted molar refractivity (Wildman–Crippen MR) is 162 cm³/mol. The average molecular weight is 616 g/mol. The van der Waals surface area contributed by atoms with E-state index in [1.807, 2.05) is 53.3 Å². The summed E-state index contributed by atoms with van der Waals surface area (Å²) in [6.45, 7) is 1.45. The standard InChI is InChI=1S/C30H32Cl2N4O4S/c1-40-30(39)24(16-23-17-33-19-36(23)18-20-6-4-3-5-7-20)34-29(38)22-12-14-35(15-13-22)26(37)11-9-21-8-10-25(41-2)28(32)27(21)31/h3-11,17,19,22,24H,12-16,18H2,1-2H3,(H,34,38)/b11-9+/t24-/m0/s1. The van der Waals surface area contributed by atoms with Crippen molar-refractivity contribution in [1.82, 2.24) is 19.8 Å². The van der Waals surface area contributed by atoms with Crippen molar-refractivity contribution in [2.45, 2.75) is 36.7 Å². The summed E-state index contributed by atoms with van der Waals surface area (Å²) in [6, 6.07) is 12.8. The Balaban J connectivity index is 1.33. The topological polar surface area (TPSA) is 93.5 Å². The number of likely N-dealkylation sites (tertiary alicyclic amines) is 1. The number of nitrogens with one attached hydrogen (secondary N) is 1. The third-order valence-electron chi connectivity index (χ3n) is 7.09. The summed E-state index contributed by atoms with van der Waals surface area (Å²) >= 11 is 14.2. The van der Waals surface area contributed by atoms with Gasteiger partial charge < -0.3 is 19.5 Å². The highest BCUT2D eigenvalue weighted by Gasteiger charge is 2.30. The Morgan fingerprint density at radius 1 is 1.12 bits per heavy atom. The number of aromatic nitrogens is 2. The van der Waals surface area contributed by atoms with Crippen LogP contribution in [-0.2, 0) is 32.1 Å². The van der Waals surface area contributed by atoms with Gasteiger partial charge in [0, 0.05) is 54.8 Å². The van der Waals surface area contributed by atoms with Crippen molar-refractivity contribution in [1.29, 1.82) is 0 Å².